The highest BCUT2D eigenvalue weighted by molar-refractivity contribution is 5.97. The fourth-order valence-electron chi connectivity index (χ4n) is 1.45. The van der Waals surface area contributed by atoms with Crippen molar-refractivity contribution >= 4 is 5.91 Å². The number of pyridine rings is 1. The number of carbonyl (C=O) groups is 1. The molecule has 0 bridgehead atoms. The van der Waals surface area contributed by atoms with Gasteiger partial charge in [-0.05, 0) is 18.9 Å². The Balaban J connectivity index is 2.37. The van der Waals surface area contributed by atoms with Crippen molar-refractivity contribution in [2.24, 2.45) is 0 Å². The number of rotatable bonds is 4. The SMILES string of the molecule is COc1nccc(C(=O)N(C)C)c1OC1CC1. The molecule has 0 aromatic carbocycles. The number of methoxy groups -OCH3 is 1. The van der Waals surface area contributed by atoms with Gasteiger partial charge in [0, 0.05) is 20.3 Å². The van der Waals surface area contributed by atoms with Crippen LogP contribution in [0.1, 0.15) is 23.2 Å². The largest absolute Gasteiger partial charge is 0.484 e. The molecule has 92 valence electrons. The molecule has 1 aliphatic rings. The van der Waals surface area contributed by atoms with Gasteiger partial charge < -0.3 is 14.4 Å². The molecular formula is C12H16N2O3. The van der Waals surface area contributed by atoms with Crippen LogP contribution < -0.4 is 9.47 Å². The topological polar surface area (TPSA) is 51.7 Å². The molecule has 17 heavy (non-hydrogen) atoms. The van der Waals surface area contributed by atoms with Gasteiger partial charge in [0.1, 0.15) is 0 Å². The lowest BCUT2D eigenvalue weighted by atomic mass is 10.2. The van der Waals surface area contributed by atoms with Gasteiger partial charge in [0.2, 0.25) is 0 Å². The highest BCUT2D eigenvalue weighted by Crippen LogP contribution is 2.35. The Bertz CT molecular complexity index is 428. The number of carbonyl (C=O) groups excluding carboxylic acids is 1. The summed E-state index contributed by atoms with van der Waals surface area (Å²) in [6, 6.07) is 1.66. The summed E-state index contributed by atoms with van der Waals surface area (Å²) in [4.78, 5) is 17.6. The number of amides is 1. The molecule has 1 aliphatic carbocycles. The van der Waals surface area contributed by atoms with Crippen molar-refractivity contribution in [1.29, 1.82) is 0 Å². The molecule has 0 aliphatic heterocycles. The van der Waals surface area contributed by atoms with Crippen molar-refractivity contribution in [3.05, 3.63) is 17.8 Å². The molecule has 1 fully saturated rings. The van der Waals surface area contributed by atoms with Gasteiger partial charge >= 0.3 is 0 Å². The smallest absolute Gasteiger partial charge is 0.257 e. The molecule has 1 amide bonds. The zero-order chi connectivity index (χ0) is 12.4. The Morgan fingerprint density at radius 2 is 2.18 bits per heavy atom. The molecule has 5 nitrogen and oxygen atoms in total. The van der Waals surface area contributed by atoms with E-state index in [9.17, 15) is 4.79 Å². The average Bonchev–Trinajstić information content (AvgIpc) is 3.12. The van der Waals surface area contributed by atoms with E-state index in [4.69, 9.17) is 9.47 Å². The molecule has 1 saturated carbocycles. The van der Waals surface area contributed by atoms with E-state index in [1.165, 1.54) is 12.0 Å². The summed E-state index contributed by atoms with van der Waals surface area (Å²) in [6.07, 6.45) is 3.79. The maximum atomic E-state index is 12.0. The predicted octanol–water partition coefficient (Wildman–Crippen LogP) is 1.33. The lowest BCUT2D eigenvalue weighted by Gasteiger charge is -2.16. The first-order valence-electron chi connectivity index (χ1n) is 5.54. The van der Waals surface area contributed by atoms with Gasteiger partial charge in [-0.3, -0.25) is 4.79 Å². The fraction of sp³-hybridized carbons (Fsp3) is 0.500. The third kappa shape index (κ3) is 2.49. The molecule has 2 rings (SSSR count). The molecule has 0 N–H and O–H groups in total. The van der Waals surface area contributed by atoms with E-state index in [0.29, 0.717) is 17.2 Å². The van der Waals surface area contributed by atoms with E-state index >= 15 is 0 Å². The van der Waals surface area contributed by atoms with Gasteiger partial charge in [-0.1, -0.05) is 0 Å². The molecule has 0 radical (unpaired) electrons. The van der Waals surface area contributed by atoms with Crippen LogP contribution in [-0.2, 0) is 0 Å². The number of ether oxygens (including phenoxy) is 2. The summed E-state index contributed by atoms with van der Waals surface area (Å²) >= 11 is 0. The minimum atomic E-state index is -0.110. The van der Waals surface area contributed by atoms with Gasteiger partial charge in [0.05, 0.1) is 18.8 Å². The first kappa shape index (κ1) is 11.7. The first-order chi connectivity index (χ1) is 8.13. The van der Waals surface area contributed by atoms with Crippen LogP contribution in [0.4, 0.5) is 0 Å². The van der Waals surface area contributed by atoms with Gasteiger partial charge in [0.15, 0.2) is 5.75 Å². The molecule has 0 saturated heterocycles. The monoisotopic (exact) mass is 236 g/mol. The van der Waals surface area contributed by atoms with Crippen molar-refractivity contribution in [2.45, 2.75) is 18.9 Å². The average molecular weight is 236 g/mol. The molecule has 1 aromatic rings. The van der Waals surface area contributed by atoms with Crippen LogP contribution in [0.25, 0.3) is 0 Å². The minimum Gasteiger partial charge on any atom is -0.484 e. The van der Waals surface area contributed by atoms with E-state index in [1.54, 1.807) is 26.4 Å². The summed E-state index contributed by atoms with van der Waals surface area (Å²) in [6.45, 7) is 0. The summed E-state index contributed by atoms with van der Waals surface area (Å²) in [5.74, 6) is 0.710. The van der Waals surface area contributed by atoms with E-state index in [-0.39, 0.29) is 12.0 Å². The number of hydrogen-bond donors (Lipinski definition) is 0. The Morgan fingerprint density at radius 3 is 2.71 bits per heavy atom. The summed E-state index contributed by atoms with van der Waals surface area (Å²) in [5.41, 5.74) is 0.494. The van der Waals surface area contributed by atoms with Crippen LogP contribution in [0.5, 0.6) is 11.6 Å². The van der Waals surface area contributed by atoms with Gasteiger partial charge in [0.25, 0.3) is 11.8 Å². The Hall–Kier alpha value is -1.78. The summed E-state index contributed by atoms with van der Waals surface area (Å²) < 4.78 is 10.9. The predicted molar refractivity (Wildman–Crippen MR) is 62.5 cm³/mol. The third-order valence-corrected chi connectivity index (χ3v) is 2.51. The van der Waals surface area contributed by atoms with E-state index in [1.807, 2.05) is 0 Å². The van der Waals surface area contributed by atoms with Gasteiger partial charge in [-0.15, -0.1) is 0 Å². The van der Waals surface area contributed by atoms with E-state index < -0.39 is 0 Å². The van der Waals surface area contributed by atoms with Gasteiger partial charge in [-0.2, -0.15) is 0 Å². The molecule has 1 aromatic heterocycles. The highest BCUT2D eigenvalue weighted by atomic mass is 16.5. The first-order valence-corrected chi connectivity index (χ1v) is 5.54. The normalized spacial score (nSPS) is 14.3. The standard InChI is InChI=1S/C12H16N2O3/c1-14(2)12(15)9-6-7-13-11(16-3)10(9)17-8-4-5-8/h6-8H,4-5H2,1-3H3. The van der Waals surface area contributed by atoms with Crippen molar-refractivity contribution in [3.8, 4) is 11.6 Å². The molecule has 5 heteroatoms. The molecule has 0 unspecified atom stereocenters. The quantitative estimate of drug-likeness (QED) is 0.791. The van der Waals surface area contributed by atoms with Crippen LogP contribution in [-0.4, -0.2) is 43.1 Å². The second-order valence-electron chi connectivity index (χ2n) is 4.21. The van der Waals surface area contributed by atoms with Crippen molar-refractivity contribution < 1.29 is 14.3 Å². The van der Waals surface area contributed by atoms with Crippen LogP contribution in [0.2, 0.25) is 0 Å². The van der Waals surface area contributed by atoms with Crippen LogP contribution in [0.15, 0.2) is 12.3 Å². The lowest BCUT2D eigenvalue weighted by Crippen LogP contribution is -2.23. The Labute approximate surface area is 100 Å². The van der Waals surface area contributed by atoms with Crippen molar-refractivity contribution in [3.63, 3.8) is 0 Å². The second kappa shape index (κ2) is 4.61. The van der Waals surface area contributed by atoms with Crippen molar-refractivity contribution in [2.75, 3.05) is 21.2 Å². The van der Waals surface area contributed by atoms with Crippen LogP contribution in [0.3, 0.4) is 0 Å². The second-order valence-corrected chi connectivity index (χ2v) is 4.21. The maximum absolute atomic E-state index is 12.0. The van der Waals surface area contributed by atoms with E-state index in [2.05, 4.69) is 4.98 Å². The molecule has 0 atom stereocenters. The zero-order valence-electron chi connectivity index (χ0n) is 10.3. The number of aromatic nitrogens is 1. The maximum Gasteiger partial charge on any atom is 0.257 e. The Morgan fingerprint density at radius 1 is 1.47 bits per heavy atom. The third-order valence-electron chi connectivity index (χ3n) is 2.51. The lowest BCUT2D eigenvalue weighted by molar-refractivity contribution is 0.0821. The van der Waals surface area contributed by atoms with Crippen LogP contribution in [0, 0.1) is 0 Å². The molecular weight excluding hydrogens is 220 g/mol. The van der Waals surface area contributed by atoms with Crippen LogP contribution >= 0.6 is 0 Å². The number of nitrogens with zero attached hydrogens (tertiary/aromatic N) is 2. The minimum absolute atomic E-state index is 0.110. The Kier molecular flexibility index (Phi) is 3.17. The summed E-state index contributed by atoms with van der Waals surface area (Å²) in [5, 5.41) is 0. The zero-order valence-corrected chi connectivity index (χ0v) is 10.3. The molecule has 1 heterocycles. The van der Waals surface area contributed by atoms with Gasteiger partial charge in [-0.25, -0.2) is 4.98 Å². The summed E-state index contributed by atoms with van der Waals surface area (Å²) in [7, 11) is 4.93. The highest BCUT2D eigenvalue weighted by Gasteiger charge is 2.28. The fourth-order valence-corrected chi connectivity index (χ4v) is 1.45. The molecule has 0 spiro atoms. The van der Waals surface area contributed by atoms with Crippen molar-refractivity contribution in [1.82, 2.24) is 9.88 Å². The van der Waals surface area contributed by atoms with E-state index in [0.717, 1.165) is 12.8 Å². The number of hydrogen-bond acceptors (Lipinski definition) is 4.